The van der Waals surface area contributed by atoms with Crippen molar-refractivity contribution in [1.29, 1.82) is 0 Å². The highest BCUT2D eigenvalue weighted by atomic mass is 32.2. The molecule has 8 nitrogen and oxygen atoms in total. The van der Waals surface area contributed by atoms with Crippen LogP contribution in [0.25, 0.3) is 0 Å². The van der Waals surface area contributed by atoms with Gasteiger partial charge in [-0.3, -0.25) is 13.9 Å². The maximum atomic E-state index is 13.9. The van der Waals surface area contributed by atoms with Gasteiger partial charge in [-0.25, -0.2) is 8.42 Å². The van der Waals surface area contributed by atoms with Crippen LogP contribution in [0.3, 0.4) is 0 Å². The molecule has 42 heavy (non-hydrogen) atoms. The highest BCUT2D eigenvalue weighted by molar-refractivity contribution is 7.92. The molecule has 1 N–H and O–H groups in total. The second-order valence-electron chi connectivity index (χ2n) is 10.3. The first-order valence-electron chi connectivity index (χ1n) is 14.5. The minimum absolute atomic E-state index is 0.0704. The van der Waals surface area contributed by atoms with Gasteiger partial charge in [-0.2, -0.15) is 0 Å². The zero-order valence-corrected chi connectivity index (χ0v) is 25.9. The first-order chi connectivity index (χ1) is 20.1. The van der Waals surface area contributed by atoms with Crippen molar-refractivity contribution < 1.29 is 22.7 Å². The molecule has 1 unspecified atom stereocenters. The van der Waals surface area contributed by atoms with E-state index in [-0.39, 0.29) is 37.7 Å². The zero-order chi connectivity index (χ0) is 30.5. The van der Waals surface area contributed by atoms with Crippen LogP contribution in [0.15, 0.2) is 78.9 Å². The maximum Gasteiger partial charge on any atom is 0.243 e. The lowest BCUT2D eigenvalue weighted by Crippen LogP contribution is -2.50. The van der Waals surface area contributed by atoms with Gasteiger partial charge in [0.1, 0.15) is 11.8 Å². The fraction of sp³-hybridized carbons (Fsp3) is 0.394. The van der Waals surface area contributed by atoms with Crippen molar-refractivity contribution in [3.8, 4) is 5.75 Å². The second kappa shape index (κ2) is 16.0. The Labute approximate surface area is 250 Å². The van der Waals surface area contributed by atoms with Crippen molar-refractivity contribution in [2.75, 3.05) is 30.3 Å². The van der Waals surface area contributed by atoms with Crippen LogP contribution in [0.2, 0.25) is 0 Å². The Morgan fingerprint density at radius 3 is 2.29 bits per heavy atom. The van der Waals surface area contributed by atoms with Gasteiger partial charge in [0.15, 0.2) is 0 Å². The van der Waals surface area contributed by atoms with Gasteiger partial charge < -0.3 is 15.0 Å². The summed E-state index contributed by atoms with van der Waals surface area (Å²) in [5, 5.41) is 2.98. The lowest BCUT2D eigenvalue weighted by Gasteiger charge is -2.32. The number of hydrogen-bond donors (Lipinski definition) is 1. The van der Waals surface area contributed by atoms with Gasteiger partial charge in [0.05, 0.1) is 18.6 Å². The molecule has 3 aromatic rings. The van der Waals surface area contributed by atoms with E-state index in [9.17, 15) is 18.0 Å². The highest BCUT2D eigenvalue weighted by Gasteiger charge is 2.30. The molecule has 0 saturated carbocycles. The van der Waals surface area contributed by atoms with Gasteiger partial charge in [-0.1, -0.05) is 79.2 Å². The Kier molecular flexibility index (Phi) is 12.4. The number of aryl methyl sites for hydroxylation is 1. The van der Waals surface area contributed by atoms with E-state index in [0.717, 1.165) is 29.4 Å². The number of anilines is 1. The number of sulfonamides is 1. The quantitative estimate of drug-likeness (QED) is 0.249. The summed E-state index contributed by atoms with van der Waals surface area (Å²) in [4.78, 5) is 29.1. The molecule has 0 saturated heterocycles. The van der Waals surface area contributed by atoms with Crippen LogP contribution in [0, 0.1) is 6.92 Å². The molecular weight excluding hydrogens is 550 g/mol. The summed E-state index contributed by atoms with van der Waals surface area (Å²) >= 11 is 0. The molecule has 0 fully saturated rings. The van der Waals surface area contributed by atoms with Crippen LogP contribution in [-0.2, 0) is 32.6 Å². The van der Waals surface area contributed by atoms with Crippen LogP contribution in [0.4, 0.5) is 5.69 Å². The number of amides is 2. The van der Waals surface area contributed by atoms with Crippen molar-refractivity contribution in [2.45, 2.75) is 59.0 Å². The van der Waals surface area contributed by atoms with E-state index in [1.807, 2.05) is 75.4 Å². The molecule has 0 aliphatic rings. The molecule has 0 spiro atoms. The number of benzene rings is 3. The van der Waals surface area contributed by atoms with E-state index in [4.69, 9.17) is 4.74 Å². The first-order valence-corrected chi connectivity index (χ1v) is 16.3. The third-order valence-electron chi connectivity index (χ3n) is 6.84. The number of carbonyl (C=O) groups excluding carboxylic acids is 2. The average molecular weight is 594 g/mol. The third kappa shape index (κ3) is 9.62. The standard InChI is InChI=1S/C33H43N3O5S/c1-5-21-34-33(38)30(24-27-15-8-7-9-16-27)35(25-28-17-12-14-26(3)23-28)32(37)20-13-22-36(42(4,39)40)29-18-10-11-19-31(29)41-6-2/h7-12,14-19,23,30H,5-6,13,20-22,24-25H2,1-4H3,(H,34,38). The number of carbonyl (C=O) groups is 2. The number of ether oxygens (including phenoxy) is 1. The SMILES string of the molecule is CCCNC(=O)C(Cc1ccccc1)N(Cc1cccc(C)c1)C(=O)CCCN(c1ccccc1OCC)S(C)(=O)=O. The number of nitrogens with one attached hydrogen (secondary N) is 1. The van der Waals surface area contributed by atoms with Crippen molar-refractivity contribution in [3.05, 3.63) is 95.6 Å². The molecule has 0 aliphatic carbocycles. The lowest BCUT2D eigenvalue weighted by atomic mass is 10.0. The Bertz CT molecular complexity index is 1410. The lowest BCUT2D eigenvalue weighted by molar-refractivity contribution is -0.141. The van der Waals surface area contributed by atoms with E-state index in [1.54, 1.807) is 29.2 Å². The predicted octanol–water partition coefficient (Wildman–Crippen LogP) is 5.11. The summed E-state index contributed by atoms with van der Waals surface area (Å²) in [6.45, 7) is 7.08. The van der Waals surface area contributed by atoms with Crippen LogP contribution in [-0.4, -0.2) is 57.1 Å². The van der Waals surface area contributed by atoms with Crippen LogP contribution in [0.5, 0.6) is 5.75 Å². The summed E-state index contributed by atoms with van der Waals surface area (Å²) in [6, 6.07) is 23.8. The van der Waals surface area contributed by atoms with E-state index >= 15 is 0 Å². The molecule has 0 aliphatic heterocycles. The van der Waals surface area contributed by atoms with Gasteiger partial charge in [0.25, 0.3) is 0 Å². The summed E-state index contributed by atoms with van der Waals surface area (Å²) in [5.41, 5.74) is 3.37. The topological polar surface area (TPSA) is 96.0 Å². The highest BCUT2D eigenvalue weighted by Crippen LogP contribution is 2.30. The molecule has 0 bridgehead atoms. The number of para-hydroxylation sites is 2. The molecule has 226 valence electrons. The van der Waals surface area contributed by atoms with Crippen molar-refractivity contribution in [3.63, 3.8) is 0 Å². The Balaban J connectivity index is 1.89. The molecule has 0 heterocycles. The van der Waals surface area contributed by atoms with E-state index in [0.29, 0.717) is 31.0 Å². The molecule has 3 aromatic carbocycles. The third-order valence-corrected chi connectivity index (χ3v) is 8.02. The summed E-state index contributed by atoms with van der Waals surface area (Å²) in [5.74, 6) is 0.0501. The molecule has 3 rings (SSSR count). The van der Waals surface area contributed by atoms with Crippen LogP contribution in [0.1, 0.15) is 49.8 Å². The minimum atomic E-state index is -3.65. The maximum absolute atomic E-state index is 13.9. The zero-order valence-electron chi connectivity index (χ0n) is 25.1. The van der Waals surface area contributed by atoms with Gasteiger partial charge in [0, 0.05) is 32.5 Å². The molecule has 1 atom stereocenters. The number of nitrogens with zero attached hydrogens (tertiary/aromatic N) is 2. The summed E-state index contributed by atoms with van der Waals surface area (Å²) < 4.78 is 32.5. The molecule has 0 aromatic heterocycles. The average Bonchev–Trinajstić information content (AvgIpc) is 2.96. The van der Waals surface area contributed by atoms with E-state index < -0.39 is 16.1 Å². The normalized spacial score (nSPS) is 11.9. The Morgan fingerprint density at radius 2 is 1.62 bits per heavy atom. The van der Waals surface area contributed by atoms with E-state index in [1.165, 1.54) is 4.31 Å². The van der Waals surface area contributed by atoms with Gasteiger partial charge >= 0.3 is 0 Å². The van der Waals surface area contributed by atoms with Crippen molar-refractivity contribution >= 4 is 27.5 Å². The van der Waals surface area contributed by atoms with Crippen molar-refractivity contribution in [2.24, 2.45) is 0 Å². The molecular formula is C33H43N3O5S. The van der Waals surface area contributed by atoms with Gasteiger partial charge in [0.2, 0.25) is 21.8 Å². The minimum Gasteiger partial charge on any atom is -0.492 e. The monoisotopic (exact) mass is 593 g/mol. The fourth-order valence-electron chi connectivity index (χ4n) is 4.85. The fourth-order valence-corrected chi connectivity index (χ4v) is 5.82. The van der Waals surface area contributed by atoms with Gasteiger partial charge in [-0.05, 0) is 49.9 Å². The van der Waals surface area contributed by atoms with Crippen molar-refractivity contribution in [1.82, 2.24) is 10.2 Å². The number of rotatable bonds is 16. The molecule has 9 heteroatoms. The summed E-state index contributed by atoms with van der Waals surface area (Å²) in [6.07, 6.45) is 2.63. The number of hydrogen-bond acceptors (Lipinski definition) is 5. The van der Waals surface area contributed by atoms with Gasteiger partial charge in [-0.15, -0.1) is 0 Å². The molecule has 0 radical (unpaired) electrons. The summed E-state index contributed by atoms with van der Waals surface area (Å²) in [7, 11) is -3.65. The second-order valence-corrected chi connectivity index (χ2v) is 12.3. The molecule has 2 amide bonds. The first kappa shape index (κ1) is 32.7. The van der Waals surface area contributed by atoms with Crippen LogP contribution < -0.4 is 14.4 Å². The predicted molar refractivity (Wildman–Crippen MR) is 168 cm³/mol. The van der Waals surface area contributed by atoms with Crippen LogP contribution >= 0.6 is 0 Å². The van der Waals surface area contributed by atoms with E-state index in [2.05, 4.69) is 5.32 Å². The Morgan fingerprint density at radius 1 is 0.929 bits per heavy atom. The largest absolute Gasteiger partial charge is 0.492 e. The smallest absolute Gasteiger partial charge is 0.243 e. The Hall–Kier alpha value is -3.85.